The van der Waals surface area contributed by atoms with Gasteiger partial charge in [-0.25, -0.2) is 13.8 Å². The highest BCUT2D eigenvalue weighted by Gasteiger charge is 2.19. The van der Waals surface area contributed by atoms with Crippen molar-refractivity contribution in [3.63, 3.8) is 0 Å². The predicted molar refractivity (Wildman–Crippen MR) is 49.5 cm³/mol. The van der Waals surface area contributed by atoms with E-state index in [-0.39, 0.29) is 20.9 Å². The van der Waals surface area contributed by atoms with Gasteiger partial charge < -0.3 is 0 Å². The molecule has 0 N–H and O–H groups in total. The largest absolute Gasteiger partial charge is 0.265 e. The van der Waals surface area contributed by atoms with Gasteiger partial charge in [-0.1, -0.05) is 15.9 Å². The Morgan fingerprint density at radius 2 is 2.08 bits per heavy atom. The van der Waals surface area contributed by atoms with Crippen LogP contribution < -0.4 is 0 Å². The number of pyridine rings is 1. The molecule has 0 aromatic carbocycles. The van der Waals surface area contributed by atoms with Gasteiger partial charge in [0.15, 0.2) is 0 Å². The molecular formula is C7H4Br2F3N. The summed E-state index contributed by atoms with van der Waals surface area (Å²) >= 11 is 5.75. The summed E-state index contributed by atoms with van der Waals surface area (Å²) in [6, 6.07) is 0. The summed E-state index contributed by atoms with van der Waals surface area (Å²) < 4.78 is 37.3. The molecule has 13 heavy (non-hydrogen) atoms. The number of halogens is 5. The van der Waals surface area contributed by atoms with Gasteiger partial charge in [0.05, 0.1) is 4.47 Å². The van der Waals surface area contributed by atoms with E-state index >= 15 is 0 Å². The van der Waals surface area contributed by atoms with Crippen molar-refractivity contribution in [3.8, 4) is 0 Å². The van der Waals surface area contributed by atoms with Gasteiger partial charge in [-0.15, -0.1) is 0 Å². The second-order valence-electron chi connectivity index (χ2n) is 2.24. The van der Waals surface area contributed by atoms with Crippen LogP contribution in [0.3, 0.4) is 0 Å². The molecule has 1 aromatic heterocycles. The molecule has 72 valence electrons. The van der Waals surface area contributed by atoms with Crippen molar-refractivity contribution < 1.29 is 13.2 Å². The second-order valence-corrected chi connectivity index (χ2v) is 3.59. The number of aromatic nitrogens is 1. The highest BCUT2D eigenvalue weighted by Crippen LogP contribution is 2.32. The van der Waals surface area contributed by atoms with E-state index in [0.717, 1.165) is 6.20 Å². The lowest BCUT2D eigenvalue weighted by atomic mass is 10.2. The smallest absolute Gasteiger partial charge is 0.227 e. The van der Waals surface area contributed by atoms with Gasteiger partial charge in [-0.3, -0.25) is 0 Å². The highest BCUT2D eigenvalue weighted by atomic mass is 79.9. The topological polar surface area (TPSA) is 12.9 Å². The van der Waals surface area contributed by atoms with Gasteiger partial charge in [0.25, 0.3) is 6.43 Å². The van der Waals surface area contributed by atoms with Crippen LogP contribution in [0.1, 0.15) is 17.6 Å². The van der Waals surface area contributed by atoms with Gasteiger partial charge in [0.2, 0.25) is 5.95 Å². The molecule has 0 amide bonds. The molecule has 0 aliphatic carbocycles. The Hall–Kier alpha value is -0.100. The summed E-state index contributed by atoms with van der Waals surface area (Å²) in [6.07, 6.45) is -1.62. The Labute approximate surface area is 89.6 Å². The van der Waals surface area contributed by atoms with Crippen LogP contribution in [-0.2, 0) is 5.33 Å². The molecule has 0 atom stereocenters. The average Bonchev–Trinajstić information content (AvgIpc) is 2.08. The fourth-order valence-corrected chi connectivity index (χ4v) is 1.83. The maximum Gasteiger partial charge on any atom is 0.265 e. The number of nitrogens with zero attached hydrogens (tertiary/aromatic N) is 1. The Morgan fingerprint density at radius 1 is 1.46 bits per heavy atom. The fraction of sp³-hybridized carbons (Fsp3) is 0.286. The van der Waals surface area contributed by atoms with Crippen LogP contribution in [0.15, 0.2) is 10.7 Å². The van der Waals surface area contributed by atoms with E-state index in [2.05, 4.69) is 36.8 Å². The minimum Gasteiger partial charge on any atom is -0.227 e. The fourth-order valence-electron chi connectivity index (χ4n) is 0.855. The van der Waals surface area contributed by atoms with E-state index < -0.39 is 12.4 Å². The molecule has 1 aromatic rings. The maximum absolute atomic E-state index is 12.7. The molecule has 1 heterocycles. The molecule has 0 spiro atoms. The van der Waals surface area contributed by atoms with Gasteiger partial charge >= 0.3 is 0 Å². The van der Waals surface area contributed by atoms with Crippen molar-refractivity contribution in [1.29, 1.82) is 0 Å². The lowest BCUT2D eigenvalue weighted by Gasteiger charge is -2.08. The summed E-state index contributed by atoms with van der Waals surface area (Å²) in [5.41, 5.74) is -0.0624. The molecule has 0 radical (unpaired) electrons. The predicted octanol–water partition coefficient (Wildman–Crippen LogP) is 3.82. The van der Waals surface area contributed by atoms with Crippen molar-refractivity contribution in [3.05, 3.63) is 27.7 Å². The number of rotatable bonds is 2. The van der Waals surface area contributed by atoms with Crippen LogP contribution in [0.25, 0.3) is 0 Å². The summed E-state index contributed by atoms with van der Waals surface area (Å²) in [7, 11) is 0. The van der Waals surface area contributed by atoms with Gasteiger partial charge in [-0.05, 0) is 21.5 Å². The summed E-state index contributed by atoms with van der Waals surface area (Å²) in [5, 5.41) is 0.221. The van der Waals surface area contributed by atoms with E-state index in [1.165, 1.54) is 0 Å². The molecule has 6 heteroatoms. The lowest BCUT2D eigenvalue weighted by molar-refractivity contribution is 0.149. The summed E-state index contributed by atoms with van der Waals surface area (Å²) in [6.45, 7) is 0. The molecule has 0 unspecified atom stereocenters. The zero-order valence-electron chi connectivity index (χ0n) is 6.20. The molecule has 0 fully saturated rings. The maximum atomic E-state index is 12.7. The Bertz CT molecular complexity index is 317. The van der Waals surface area contributed by atoms with Crippen molar-refractivity contribution in [2.45, 2.75) is 11.8 Å². The normalized spacial score (nSPS) is 10.9. The summed E-state index contributed by atoms with van der Waals surface area (Å²) in [5.74, 6) is -0.917. The molecule has 1 rings (SSSR count). The third-order valence-corrected chi connectivity index (χ3v) is 2.82. The zero-order valence-corrected chi connectivity index (χ0v) is 9.37. The van der Waals surface area contributed by atoms with Crippen LogP contribution in [0.4, 0.5) is 13.2 Å². The first kappa shape index (κ1) is 11.0. The van der Waals surface area contributed by atoms with Crippen LogP contribution in [-0.4, -0.2) is 4.98 Å². The van der Waals surface area contributed by atoms with Crippen LogP contribution >= 0.6 is 31.9 Å². The molecular weight excluding hydrogens is 315 g/mol. The quantitative estimate of drug-likeness (QED) is 0.597. The van der Waals surface area contributed by atoms with Crippen molar-refractivity contribution >= 4 is 31.9 Å². The molecule has 1 nitrogen and oxygen atoms in total. The van der Waals surface area contributed by atoms with Gasteiger partial charge in [0, 0.05) is 17.1 Å². The van der Waals surface area contributed by atoms with Crippen molar-refractivity contribution in [2.75, 3.05) is 0 Å². The SMILES string of the molecule is Fc1ncc(CBr)c(C(F)F)c1Br. The first-order valence-corrected chi connectivity index (χ1v) is 5.16. The Kier molecular flexibility index (Phi) is 3.73. The van der Waals surface area contributed by atoms with Gasteiger partial charge in [0.1, 0.15) is 0 Å². The van der Waals surface area contributed by atoms with Crippen LogP contribution in [0, 0.1) is 5.95 Å². The molecule has 0 saturated carbocycles. The molecule has 0 bridgehead atoms. The van der Waals surface area contributed by atoms with E-state index in [1.54, 1.807) is 0 Å². The highest BCUT2D eigenvalue weighted by molar-refractivity contribution is 9.10. The second kappa shape index (κ2) is 4.41. The van der Waals surface area contributed by atoms with E-state index in [0.29, 0.717) is 0 Å². The summed E-state index contributed by atoms with van der Waals surface area (Å²) in [4.78, 5) is 3.32. The van der Waals surface area contributed by atoms with Crippen molar-refractivity contribution in [1.82, 2.24) is 4.98 Å². The first-order chi connectivity index (χ1) is 6.07. The Balaban J connectivity index is 3.32. The average molecular weight is 319 g/mol. The minimum absolute atomic E-state index is 0.221. The third-order valence-electron chi connectivity index (χ3n) is 1.46. The number of hydrogen-bond donors (Lipinski definition) is 0. The number of alkyl halides is 3. The minimum atomic E-state index is -2.71. The van der Waals surface area contributed by atoms with Crippen molar-refractivity contribution in [2.24, 2.45) is 0 Å². The van der Waals surface area contributed by atoms with Gasteiger partial charge in [-0.2, -0.15) is 4.39 Å². The van der Waals surface area contributed by atoms with E-state index in [1.807, 2.05) is 0 Å². The Morgan fingerprint density at radius 3 is 2.54 bits per heavy atom. The standard InChI is InChI=1S/C7H4Br2F3N/c8-1-3-2-13-7(12)5(9)4(3)6(10)11/h2,6H,1H2. The lowest BCUT2D eigenvalue weighted by Crippen LogP contribution is -1.98. The first-order valence-electron chi connectivity index (χ1n) is 3.24. The van der Waals surface area contributed by atoms with Crippen LogP contribution in [0.5, 0.6) is 0 Å². The monoisotopic (exact) mass is 317 g/mol. The zero-order chi connectivity index (χ0) is 10.0. The molecule has 0 saturated heterocycles. The number of hydrogen-bond acceptors (Lipinski definition) is 1. The van der Waals surface area contributed by atoms with E-state index in [9.17, 15) is 13.2 Å². The van der Waals surface area contributed by atoms with E-state index in [4.69, 9.17) is 0 Å². The van der Waals surface area contributed by atoms with Crippen LogP contribution in [0.2, 0.25) is 0 Å². The molecule has 0 aliphatic rings. The molecule has 0 aliphatic heterocycles. The third kappa shape index (κ3) is 2.22.